The zero-order valence-corrected chi connectivity index (χ0v) is 32.9. The molecule has 1 amide bonds. The van der Waals surface area contributed by atoms with Crippen molar-refractivity contribution in [2.75, 3.05) is 53.3 Å². The molecular weight excluding hydrogens is 662 g/mol. The van der Waals surface area contributed by atoms with Gasteiger partial charge in [-0.25, -0.2) is 0 Å². The number of hydrogen-bond donors (Lipinski definition) is 2. The molecule has 0 aliphatic heterocycles. The highest BCUT2D eigenvalue weighted by Crippen LogP contribution is 2.34. The lowest BCUT2D eigenvalue weighted by atomic mass is 9.77. The van der Waals surface area contributed by atoms with Gasteiger partial charge < -0.3 is 29.4 Å². The van der Waals surface area contributed by atoms with Crippen LogP contribution in [0.4, 0.5) is 0 Å². The third-order valence-corrected chi connectivity index (χ3v) is 10.9. The predicted octanol–water partition coefficient (Wildman–Crippen LogP) is 7.33. The van der Waals surface area contributed by atoms with Crippen LogP contribution in [0.15, 0.2) is 12.2 Å². The Kier molecular flexibility index (Phi) is 25.9. The van der Waals surface area contributed by atoms with E-state index in [4.69, 9.17) is 18.9 Å². The smallest absolute Gasteiger partial charge is 0.306 e. The Balaban J connectivity index is 1.98. The fourth-order valence-corrected chi connectivity index (χ4v) is 7.81. The molecule has 10 heteroatoms. The summed E-state index contributed by atoms with van der Waals surface area (Å²) >= 11 is 0. The molecule has 2 fully saturated rings. The first kappa shape index (κ1) is 46.0. The van der Waals surface area contributed by atoms with Crippen molar-refractivity contribution in [3.63, 3.8) is 0 Å². The second-order valence-electron chi connectivity index (χ2n) is 15.2. The summed E-state index contributed by atoms with van der Waals surface area (Å²) in [7, 11) is 1.62. The Morgan fingerprint density at radius 2 is 1.40 bits per heavy atom. The molecule has 2 saturated carbocycles. The number of allylic oxidation sites excluding steroid dienone is 2. The van der Waals surface area contributed by atoms with Crippen molar-refractivity contribution in [3.05, 3.63) is 12.2 Å². The fourth-order valence-electron chi connectivity index (χ4n) is 7.81. The van der Waals surface area contributed by atoms with E-state index in [9.17, 15) is 24.3 Å². The molecule has 52 heavy (non-hydrogen) atoms. The van der Waals surface area contributed by atoms with E-state index < -0.39 is 18.0 Å². The van der Waals surface area contributed by atoms with Crippen molar-refractivity contribution in [2.45, 2.75) is 148 Å². The molecule has 0 aromatic rings. The minimum Gasteiger partial charge on any atom is -0.463 e. The largest absolute Gasteiger partial charge is 0.463 e. The van der Waals surface area contributed by atoms with Gasteiger partial charge in [-0.1, -0.05) is 89.7 Å². The molecule has 2 rings (SSSR count). The molecular formula is C42H73NO9. The fraction of sp³-hybridized carbons (Fsp3) is 0.857. The Morgan fingerprint density at radius 3 is 2.02 bits per heavy atom. The molecule has 10 nitrogen and oxygen atoms in total. The Morgan fingerprint density at radius 1 is 0.788 bits per heavy atom. The van der Waals surface area contributed by atoms with E-state index in [0.717, 1.165) is 57.8 Å². The zero-order chi connectivity index (χ0) is 37.8. The summed E-state index contributed by atoms with van der Waals surface area (Å²) in [6, 6.07) is 0. The third kappa shape index (κ3) is 20.9. The number of aliphatic hydroxyl groups is 1. The van der Waals surface area contributed by atoms with Crippen LogP contribution in [-0.4, -0.2) is 87.9 Å². The molecule has 0 aromatic heterocycles. The van der Waals surface area contributed by atoms with Gasteiger partial charge in [-0.15, -0.1) is 0 Å². The van der Waals surface area contributed by atoms with E-state index in [1.165, 1.54) is 25.7 Å². The average molecular weight is 736 g/mol. The lowest BCUT2D eigenvalue weighted by molar-refractivity contribution is -0.148. The van der Waals surface area contributed by atoms with E-state index in [1.807, 2.05) is 19.1 Å². The molecule has 0 radical (unpaired) electrons. The highest BCUT2D eigenvalue weighted by Gasteiger charge is 2.32. The van der Waals surface area contributed by atoms with Crippen molar-refractivity contribution in [1.29, 1.82) is 0 Å². The van der Waals surface area contributed by atoms with Gasteiger partial charge in [0.1, 0.15) is 18.2 Å². The van der Waals surface area contributed by atoms with Crippen LogP contribution >= 0.6 is 0 Å². The van der Waals surface area contributed by atoms with E-state index >= 15 is 0 Å². The number of methoxy groups -OCH3 is 1. The molecule has 2 N–H and O–H groups in total. The van der Waals surface area contributed by atoms with Crippen LogP contribution in [0.2, 0.25) is 0 Å². The number of carbonyl (C=O) groups excluding carboxylic acids is 4. The number of unbranched alkanes of at least 4 members (excludes halogenated alkanes) is 1. The number of esters is 1. The number of carbonyl (C=O) groups is 4. The van der Waals surface area contributed by atoms with Gasteiger partial charge in [0.15, 0.2) is 0 Å². The van der Waals surface area contributed by atoms with E-state index in [1.54, 1.807) is 7.11 Å². The maximum absolute atomic E-state index is 13.6. The summed E-state index contributed by atoms with van der Waals surface area (Å²) in [6.45, 7) is 6.84. The van der Waals surface area contributed by atoms with Crippen molar-refractivity contribution in [2.24, 2.45) is 29.6 Å². The molecule has 0 saturated heterocycles. The first-order chi connectivity index (χ1) is 25.3. The highest BCUT2D eigenvalue weighted by atomic mass is 16.6. The topological polar surface area (TPSA) is 137 Å². The lowest BCUT2D eigenvalue weighted by Gasteiger charge is -2.31. The van der Waals surface area contributed by atoms with Gasteiger partial charge in [0.25, 0.3) is 0 Å². The molecule has 2 aliphatic rings. The SMILES string of the molecule is C/C=C/CC(CC(O)C(CC(=O)CCC(=O)C(CC(=O)OCCOCCOCCOC)CC1CCCCC1)CC1CCCCC1)C(=O)NCCCC. The van der Waals surface area contributed by atoms with E-state index in [2.05, 4.69) is 12.2 Å². The number of Topliss-reactive ketones (excluding diaryl/α,β-unsaturated/α-hetero) is 2. The van der Waals surface area contributed by atoms with Crippen molar-refractivity contribution in [1.82, 2.24) is 5.32 Å². The monoisotopic (exact) mass is 736 g/mol. The predicted molar refractivity (Wildman–Crippen MR) is 204 cm³/mol. The lowest BCUT2D eigenvalue weighted by Crippen LogP contribution is -2.36. The minimum absolute atomic E-state index is 0.0145. The maximum atomic E-state index is 13.6. The molecule has 4 atom stereocenters. The molecule has 0 bridgehead atoms. The Bertz CT molecular complexity index is 1010. The number of ketones is 2. The Labute approximate surface area is 314 Å². The van der Waals surface area contributed by atoms with Crippen molar-refractivity contribution >= 4 is 23.4 Å². The minimum atomic E-state index is -0.783. The molecule has 0 spiro atoms. The van der Waals surface area contributed by atoms with E-state index in [-0.39, 0.29) is 68.2 Å². The summed E-state index contributed by atoms with van der Waals surface area (Å²) < 4.78 is 21.2. The van der Waals surface area contributed by atoms with Gasteiger partial charge in [0, 0.05) is 44.8 Å². The first-order valence-electron chi connectivity index (χ1n) is 20.7. The molecule has 4 unspecified atom stereocenters. The summed E-state index contributed by atoms with van der Waals surface area (Å²) in [4.78, 5) is 53.1. The van der Waals surface area contributed by atoms with Gasteiger partial charge in [-0.2, -0.15) is 0 Å². The van der Waals surface area contributed by atoms with Crippen LogP contribution in [0, 0.1) is 29.6 Å². The summed E-state index contributed by atoms with van der Waals surface area (Å²) in [5.41, 5.74) is 0. The second-order valence-corrected chi connectivity index (χ2v) is 15.2. The van der Waals surface area contributed by atoms with Crippen LogP contribution in [0.3, 0.4) is 0 Å². The van der Waals surface area contributed by atoms with Gasteiger partial charge >= 0.3 is 5.97 Å². The van der Waals surface area contributed by atoms with Crippen LogP contribution in [0.25, 0.3) is 0 Å². The normalized spacial score (nSPS) is 18.2. The second kappa shape index (κ2) is 29.2. The van der Waals surface area contributed by atoms with Crippen LogP contribution in [-0.2, 0) is 38.1 Å². The van der Waals surface area contributed by atoms with Crippen molar-refractivity contribution < 1.29 is 43.2 Å². The number of aliphatic hydroxyl groups excluding tert-OH is 1. The highest BCUT2D eigenvalue weighted by molar-refractivity contribution is 5.89. The van der Waals surface area contributed by atoms with Gasteiger partial charge in [-0.3, -0.25) is 19.2 Å². The molecule has 0 aromatic carbocycles. The zero-order valence-electron chi connectivity index (χ0n) is 32.9. The number of nitrogens with one attached hydrogen (secondary N) is 1. The summed E-state index contributed by atoms with van der Waals surface area (Å²) in [6.07, 6.45) is 19.1. The number of hydrogen-bond acceptors (Lipinski definition) is 9. The first-order valence-corrected chi connectivity index (χ1v) is 20.7. The third-order valence-electron chi connectivity index (χ3n) is 10.9. The van der Waals surface area contributed by atoms with Crippen LogP contribution in [0.5, 0.6) is 0 Å². The molecule has 0 heterocycles. The summed E-state index contributed by atoms with van der Waals surface area (Å²) in [5, 5.41) is 14.6. The maximum Gasteiger partial charge on any atom is 0.306 e. The van der Waals surface area contributed by atoms with E-state index in [0.29, 0.717) is 64.1 Å². The molecule has 2 aliphatic carbocycles. The standard InChI is InChI=1S/C42H73NO9/c1-4-6-18-35(42(48)43-21-7-5-2)31-40(46)36(28-33-14-10-8-11-15-33)30-38(44)19-20-39(45)37(29-34-16-12-9-13-17-34)32-41(47)52-27-26-51-25-24-50-23-22-49-3/h4,6,33-37,40,46H,5,7-32H2,1-3H3,(H,43,48)/b6-4+. The average Bonchev–Trinajstić information content (AvgIpc) is 3.15. The molecule has 300 valence electrons. The van der Waals surface area contributed by atoms with Crippen LogP contribution in [0.1, 0.15) is 142 Å². The van der Waals surface area contributed by atoms with Crippen LogP contribution < -0.4 is 5.32 Å². The summed E-state index contributed by atoms with van der Waals surface area (Å²) in [5.74, 6) is -0.777. The Hall–Kier alpha value is -2.14. The number of ether oxygens (including phenoxy) is 4. The van der Waals surface area contributed by atoms with Gasteiger partial charge in [0.05, 0.1) is 45.6 Å². The van der Waals surface area contributed by atoms with Crippen molar-refractivity contribution in [3.8, 4) is 0 Å². The van der Waals surface area contributed by atoms with Gasteiger partial charge in [-0.05, 0) is 56.8 Å². The number of amides is 1. The quantitative estimate of drug-likeness (QED) is 0.0441. The number of rotatable bonds is 30. The van der Waals surface area contributed by atoms with Gasteiger partial charge in [0.2, 0.25) is 5.91 Å².